The summed E-state index contributed by atoms with van der Waals surface area (Å²) in [5, 5.41) is 3.03. The normalized spacial score (nSPS) is 10.5. The van der Waals surface area contributed by atoms with Crippen molar-refractivity contribution in [1.29, 1.82) is 0 Å². The van der Waals surface area contributed by atoms with Crippen molar-refractivity contribution < 1.29 is 4.39 Å². The summed E-state index contributed by atoms with van der Waals surface area (Å²) >= 11 is 5.31. The van der Waals surface area contributed by atoms with Crippen LogP contribution >= 0.6 is 11.6 Å². The van der Waals surface area contributed by atoms with Crippen LogP contribution in [-0.4, -0.2) is 6.54 Å². The summed E-state index contributed by atoms with van der Waals surface area (Å²) in [6.45, 7) is 0.648. The number of benzene rings is 1. The molecule has 0 saturated carbocycles. The van der Waals surface area contributed by atoms with E-state index in [2.05, 4.69) is 5.32 Å². The van der Waals surface area contributed by atoms with Gasteiger partial charge >= 0.3 is 0 Å². The quantitative estimate of drug-likeness (QED) is 0.764. The third-order valence-electron chi connectivity index (χ3n) is 1.36. The van der Waals surface area contributed by atoms with Crippen LogP contribution in [0.3, 0.4) is 0 Å². The standard InChI is InChI=1S/C9H9ClFN/c10-6-1-7-12-9-4-2-8(11)3-5-9/h1-6,12H,7H2/b6-1+. The fourth-order valence-electron chi connectivity index (χ4n) is 0.789. The molecule has 0 aliphatic heterocycles. The Morgan fingerprint density at radius 1 is 1.33 bits per heavy atom. The van der Waals surface area contributed by atoms with Gasteiger partial charge in [-0.15, -0.1) is 0 Å². The summed E-state index contributed by atoms with van der Waals surface area (Å²) in [5.41, 5.74) is 2.32. The number of rotatable bonds is 3. The van der Waals surface area contributed by atoms with Gasteiger partial charge in [0.2, 0.25) is 0 Å². The third kappa shape index (κ3) is 2.93. The number of anilines is 1. The van der Waals surface area contributed by atoms with Crippen LogP contribution in [0.25, 0.3) is 0 Å². The zero-order chi connectivity index (χ0) is 8.81. The van der Waals surface area contributed by atoms with E-state index in [-0.39, 0.29) is 5.82 Å². The molecule has 0 fully saturated rings. The highest BCUT2D eigenvalue weighted by molar-refractivity contribution is 6.25. The maximum absolute atomic E-state index is 12.4. The highest BCUT2D eigenvalue weighted by Gasteiger charge is 1.89. The molecular weight excluding hydrogens is 177 g/mol. The first-order valence-electron chi connectivity index (χ1n) is 3.57. The average Bonchev–Trinajstić information content (AvgIpc) is 2.09. The molecule has 0 heterocycles. The van der Waals surface area contributed by atoms with Crippen molar-refractivity contribution in [2.24, 2.45) is 0 Å². The number of hydrogen-bond acceptors (Lipinski definition) is 1. The maximum atomic E-state index is 12.4. The van der Waals surface area contributed by atoms with E-state index in [1.807, 2.05) is 0 Å². The molecule has 1 nitrogen and oxygen atoms in total. The van der Waals surface area contributed by atoms with Crippen molar-refractivity contribution in [2.45, 2.75) is 0 Å². The van der Waals surface area contributed by atoms with Gasteiger partial charge in [0.05, 0.1) is 0 Å². The molecule has 0 aliphatic rings. The van der Waals surface area contributed by atoms with Crippen molar-refractivity contribution in [3.63, 3.8) is 0 Å². The minimum Gasteiger partial charge on any atom is -0.382 e. The largest absolute Gasteiger partial charge is 0.382 e. The van der Waals surface area contributed by atoms with Crippen molar-refractivity contribution in [3.8, 4) is 0 Å². The van der Waals surface area contributed by atoms with Crippen LogP contribution in [0.4, 0.5) is 10.1 Å². The van der Waals surface area contributed by atoms with Gasteiger partial charge in [0.15, 0.2) is 0 Å². The Morgan fingerprint density at radius 2 is 2.00 bits per heavy atom. The molecule has 1 rings (SSSR count). The number of hydrogen-bond donors (Lipinski definition) is 1. The lowest BCUT2D eigenvalue weighted by molar-refractivity contribution is 0.628. The van der Waals surface area contributed by atoms with E-state index in [9.17, 15) is 4.39 Å². The predicted molar refractivity (Wildman–Crippen MR) is 49.9 cm³/mol. The lowest BCUT2D eigenvalue weighted by Gasteiger charge is -2.01. The molecule has 0 amide bonds. The lowest BCUT2D eigenvalue weighted by Crippen LogP contribution is -1.97. The van der Waals surface area contributed by atoms with Gasteiger partial charge in [-0.05, 0) is 24.3 Å². The predicted octanol–water partition coefficient (Wildman–Crippen LogP) is 2.99. The van der Waals surface area contributed by atoms with E-state index >= 15 is 0 Å². The van der Waals surface area contributed by atoms with Gasteiger partial charge in [0, 0.05) is 17.8 Å². The summed E-state index contributed by atoms with van der Waals surface area (Å²) < 4.78 is 12.4. The van der Waals surface area contributed by atoms with Crippen LogP contribution in [0.1, 0.15) is 0 Å². The molecular formula is C9H9ClFN. The zero-order valence-corrected chi connectivity index (χ0v) is 7.18. The van der Waals surface area contributed by atoms with Gasteiger partial charge in [0.1, 0.15) is 5.82 Å². The highest BCUT2D eigenvalue weighted by Crippen LogP contribution is 2.07. The van der Waals surface area contributed by atoms with E-state index in [1.54, 1.807) is 18.2 Å². The van der Waals surface area contributed by atoms with Crippen molar-refractivity contribution in [3.05, 3.63) is 41.7 Å². The van der Waals surface area contributed by atoms with Crippen molar-refractivity contribution >= 4 is 17.3 Å². The van der Waals surface area contributed by atoms with Gasteiger partial charge in [0.25, 0.3) is 0 Å². The second-order valence-electron chi connectivity index (χ2n) is 2.25. The fourth-order valence-corrected chi connectivity index (χ4v) is 0.878. The molecule has 0 saturated heterocycles. The monoisotopic (exact) mass is 185 g/mol. The van der Waals surface area contributed by atoms with Crippen LogP contribution in [0.5, 0.6) is 0 Å². The van der Waals surface area contributed by atoms with Gasteiger partial charge in [-0.2, -0.15) is 0 Å². The Morgan fingerprint density at radius 3 is 2.58 bits per heavy atom. The Hall–Kier alpha value is -1.02. The van der Waals surface area contributed by atoms with Gasteiger partial charge < -0.3 is 5.32 Å². The highest BCUT2D eigenvalue weighted by atomic mass is 35.5. The van der Waals surface area contributed by atoms with Gasteiger partial charge in [-0.1, -0.05) is 17.7 Å². The van der Waals surface area contributed by atoms with Crippen LogP contribution in [0.2, 0.25) is 0 Å². The molecule has 1 aromatic carbocycles. The first kappa shape index (κ1) is 9.07. The third-order valence-corrected chi connectivity index (χ3v) is 1.54. The zero-order valence-electron chi connectivity index (χ0n) is 6.43. The molecule has 0 aromatic heterocycles. The van der Waals surface area contributed by atoms with Gasteiger partial charge in [-0.25, -0.2) is 4.39 Å². The molecule has 0 bridgehead atoms. The summed E-state index contributed by atoms with van der Waals surface area (Å²) in [4.78, 5) is 0. The Labute approximate surface area is 75.9 Å². The lowest BCUT2D eigenvalue weighted by atomic mass is 10.3. The summed E-state index contributed by atoms with van der Waals surface area (Å²) in [6.07, 6.45) is 1.77. The molecule has 1 aromatic rings. The van der Waals surface area contributed by atoms with Crippen LogP contribution < -0.4 is 5.32 Å². The first-order chi connectivity index (χ1) is 5.83. The fraction of sp³-hybridized carbons (Fsp3) is 0.111. The smallest absolute Gasteiger partial charge is 0.123 e. The molecule has 1 N–H and O–H groups in total. The summed E-state index contributed by atoms with van der Waals surface area (Å²) in [7, 11) is 0. The minimum atomic E-state index is -0.228. The number of nitrogens with one attached hydrogen (secondary N) is 1. The number of halogens is 2. The van der Waals surface area contributed by atoms with Crippen LogP contribution in [0.15, 0.2) is 35.9 Å². The second kappa shape index (κ2) is 4.78. The topological polar surface area (TPSA) is 12.0 Å². The summed E-state index contributed by atoms with van der Waals surface area (Å²) in [6, 6.07) is 6.17. The van der Waals surface area contributed by atoms with Crippen molar-refractivity contribution in [1.82, 2.24) is 0 Å². The maximum Gasteiger partial charge on any atom is 0.123 e. The summed E-state index contributed by atoms with van der Waals surface area (Å²) in [5.74, 6) is -0.228. The molecule has 0 aliphatic carbocycles. The minimum absolute atomic E-state index is 0.228. The molecule has 0 spiro atoms. The molecule has 3 heteroatoms. The molecule has 0 atom stereocenters. The van der Waals surface area contributed by atoms with E-state index in [0.29, 0.717) is 6.54 Å². The SMILES string of the molecule is Fc1ccc(NC/C=C/Cl)cc1. The first-order valence-corrected chi connectivity index (χ1v) is 4.01. The van der Waals surface area contributed by atoms with E-state index in [4.69, 9.17) is 11.6 Å². The van der Waals surface area contributed by atoms with Crippen LogP contribution in [-0.2, 0) is 0 Å². The van der Waals surface area contributed by atoms with Gasteiger partial charge in [-0.3, -0.25) is 0 Å². The molecule has 12 heavy (non-hydrogen) atoms. The molecule has 0 radical (unpaired) electrons. The second-order valence-corrected chi connectivity index (χ2v) is 2.50. The van der Waals surface area contributed by atoms with Crippen LogP contribution in [0, 0.1) is 5.82 Å². The average molecular weight is 186 g/mol. The van der Waals surface area contributed by atoms with E-state index < -0.39 is 0 Å². The Kier molecular flexibility index (Phi) is 3.61. The molecule has 0 unspecified atom stereocenters. The van der Waals surface area contributed by atoms with E-state index in [1.165, 1.54) is 17.7 Å². The van der Waals surface area contributed by atoms with Crippen molar-refractivity contribution in [2.75, 3.05) is 11.9 Å². The Bertz CT molecular complexity index is 256. The Balaban J connectivity index is 2.47. The van der Waals surface area contributed by atoms with E-state index in [0.717, 1.165) is 5.69 Å². The molecule has 64 valence electrons.